The maximum Gasteiger partial charge on any atom is 0.244 e. The molecule has 104 valence electrons. The van der Waals surface area contributed by atoms with Crippen LogP contribution in [-0.2, 0) is 10.2 Å². The van der Waals surface area contributed by atoms with E-state index in [4.69, 9.17) is 0 Å². The highest BCUT2D eigenvalue weighted by molar-refractivity contribution is 5.97. The highest BCUT2D eigenvalue weighted by atomic mass is 16.2. The van der Waals surface area contributed by atoms with Crippen molar-refractivity contribution in [2.24, 2.45) is 0 Å². The van der Waals surface area contributed by atoms with Gasteiger partial charge in [0.2, 0.25) is 5.91 Å². The Hall–Kier alpha value is -1.35. The lowest BCUT2D eigenvalue weighted by Gasteiger charge is -2.32. The minimum atomic E-state index is -0.0314. The van der Waals surface area contributed by atoms with Crippen LogP contribution in [-0.4, -0.2) is 25.5 Å². The zero-order valence-corrected chi connectivity index (χ0v) is 12.4. The van der Waals surface area contributed by atoms with Gasteiger partial charge in [-0.2, -0.15) is 0 Å². The highest BCUT2D eigenvalue weighted by Gasteiger charge is 2.28. The number of amides is 1. The molecule has 3 nitrogen and oxygen atoms in total. The molecule has 1 atom stereocenters. The summed E-state index contributed by atoms with van der Waals surface area (Å²) >= 11 is 0. The molecule has 0 saturated carbocycles. The van der Waals surface area contributed by atoms with Crippen LogP contribution in [0.25, 0.3) is 0 Å². The molecule has 1 aromatic carbocycles. The van der Waals surface area contributed by atoms with Crippen LogP contribution >= 0.6 is 0 Å². The van der Waals surface area contributed by atoms with Gasteiger partial charge in [-0.05, 0) is 43.0 Å². The molecule has 1 unspecified atom stereocenters. The Balaban J connectivity index is 2.20. The first-order chi connectivity index (χ1) is 8.93. The SMILES string of the molecule is CNC1CCCN(c2ccc(C(C)(C)C)cc2)C1=O. The maximum atomic E-state index is 12.3. The van der Waals surface area contributed by atoms with Crippen LogP contribution in [0.5, 0.6) is 0 Å². The van der Waals surface area contributed by atoms with Crippen molar-refractivity contribution in [1.82, 2.24) is 5.32 Å². The summed E-state index contributed by atoms with van der Waals surface area (Å²) in [7, 11) is 1.86. The summed E-state index contributed by atoms with van der Waals surface area (Å²) in [4.78, 5) is 14.2. The molecule has 2 rings (SSSR count). The molecule has 0 aliphatic carbocycles. The fraction of sp³-hybridized carbons (Fsp3) is 0.562. The summed E-state index contributed by atoms with van der Waals surface area (Å²) in [5.41, 5.74) is 2.46. The number of carbonyl (C=O) groups excluding carboxylic acids is 1. The number of nitrogens with zero attached hydrogens (tertiary/aromatic N) is 1. The molecule has 0 bridgehead atoms. The largest absolute Gasteiger partial charge is 0.311 e. The van der Waals surface area contributed by atoms with Crippen molar-refractivity contribution in [2.75, 3.05) is 18.5 Å². The summed E-state index contributed by atoms with van der Waals surface area (Å²) in [5.74, 6) is 0.192. The third kappa shape index (κ3) is 2.98. The van der Waals surface area contributed by atoms with E-state index in [9.17, 15) is 4.79 Å². The van der Waals surface area contributed by atoms with Gasteiger partial charge in [0.15, 0.2) is 0 Å². The van der Waals surface area contributed by atoms with E-state index < -0.39 is 0 Å². The highest BCUT2D eigenvalue weighted by Crippen LogP contribution is 2.26. The van der Waals surface area contributed by atoms with Crippen molar-refractivity contribution in [2.45, 2.75) is 45.1 Å². The standard InChI is InChI=1S/C16H24N2O/c1-16(2,3)12-7-9-13(10-8-12)18-11-5-6-14(17-4)15(18)19/h7-10,14,17H,5-6,11H2,1-4H3. The second kappa shape index (κ2) is 5.33. The topological polar surface area (TPSA) is 32.3 Å². The van der Waals surface area contributed by atoms with Gasteiger partial charge in [0, 0.05) is 12.2 Å². The second-order valence-electron chi connectivity index (χ2n) is 6.27. The second-order valence-corrected chi connectivity index (χ2v) is 6.27. The third-order valence-electron chi connectivity index (χ3n) is 3.83. The van der Waals surface area contributed by atoms with Gasteiger partial charge in [-0.1, -0.05) is 32.9 Å². The van der Waals surface area contributed by atoms with Crippen molar-refractivity contribution < 1.29 is 4.79 Å². The van der Waals surface area contributed by atoms with E-state index in [2.05, 4.69) is 50.4 Å². The number of anilines is 1. The first-order valence-corrected chi connectivity index (χ1v) is 7.02. The number of rotatable bonds is 2. The first-order valence-electron chi connectivity index (χ1n) is 7.02. The van der Waals surface area contributed by atoms with E-state index in [1.165, 1.54) is 5.56 Å². The fourth-order valence-corrected chi connectivity index (χ4v) is 2.54. The van der Waals surface area contributed by atoms with Gasteiger partial charge in [-0.15, -0.1) is 0 Å². The Bertz CT molecular complexity index is 445. The van der Waals surface area contributed by atoms with E-state index >= 15 is 0 Å². The molecule has 1 aliphatic heterocycles. The van der Waals surface area contributed by atoms with Crippen LogP contribution in [0.1, 0.15) is 39.2 Å². The average molecular weight is 260 g/mol. The molecule has 1 fully saturated rings. The first kappa shape index (κ1) is 14.1. The molecular weight excluding hydrogens is 236 g/mol. The van der Waals surface area contributed by atoms with Crippen LogP contribution in [0.2, 0.25) is 0 Å². The van der Waals surface area contributed by atoms with E-state index in [0.29, 0.717) is 0 Å². The van der Waals surface area contributed by atoms with Crippen LogP contribution in [0, 0.1) is 0 Å². The minimum absolute atomic E-state index is 0.0314. The predicted octanol–water partition coefficient (Wildman–Crippen LogP) is 2.70. The molecule has 3 heteroatoms. The zero-order chi connectivity index (χ0) is 14.0. The molecule has 0 radical (unpaired) electrons. The third-order valence-corrected chi connectivity index (χ3v) is 3.83. The molecule has 1 amide bonds. The van der Waals surface area contributed by atoms with Gasteiger partial charge in [-0.3, -0.25) is 4.79 Å². The van der Waals surface area contributed by atoms with Crippen molar-refractivity contribution in [3.63, 3.8) is 0 Å². The average Bonchev–Trinajstić information content (AvgIpc) is 2.38. The fourth-order valence-electron chi connectivity index (χ4n) is 2.54. The number of likely N-dealkylation sites (N-methyl/N-ethyl adjacent to an activating group) is 1. The number of piperidine rings is 1. The molecule has 1 saturated heterocycles. The molecular formula is C16H24N2O. The number of hydrogen-bond acceptors (Lipinski definition) is 2. The smallest absolute Gasteiger partial charge is 0.244 e. The van der Waals surface area contributed by atoms with E-state index in [1.54, 1.807) is 0 Å². The molecule has 1 heterocycles. The summed E-state index contributed by atoms with van der Waals surface area (Å²) in [5, 5.41) is 3.10. The predicted molar refractivity (Wildman–Crippen MR) is 79.6 cm³/mol. The zero-order valence-electron chi connectivity index (χ0n) is 12.4. The number of nitrogens with one attached hydrogen (secondary N) is 1. The van der Waals surface area contributed by atoms with Gasteiger partial charge in [0.1, 0.15) is 0 Å². The Morgan fingerprint density at radius 1 is 1.21 bits per heavy atom. The van der Waals surface area contributed by atoms with Crippen molar-refractivity contribution >= 4 is 11.6 Å². The minimum Gasteiger partial charge on any atom is -0.311 e. The molecule has 1 N–H and O–H groups in total. The normalized spacial score (nSPS) is 20.7. The monoisotopic (exact) mass is 260 g/mol. The lowest BCUT2D eigenvalue weighted by atomic mass is 9.87. The summed E-state index contributed by atoms with van der Waals surface area (Å²) in [6.07, 6.45) is 1.99. The molecule has 0 spiro atoms. The van der Waals surface area contributed by atoms with Crippen LogP contribution in [0.3, 0.4) is 0 Å². The number of hydrogen-bond donors (Lipinski definition) is 1. The Morgan fingerprint density at radius 3 is 2.37 bits per heavy atom. The van der Waals surface area contributed by atoms with Gasteiger partial charge in [-0.25, -0.2) is 0 Å². The van der Waals surface area contributed by atoms with Gasteiger partial charge in [0.05, 0.1) is 6.04 Å². The Kier molecular flexibility index (Phi) is 3.95. The molecule has 1 aromatic rings. The van der Waals surface area contributed by atoms with E-state index in [0.717, 1.165) is 25.1 Å². The lowest BCUT2D eigenvalue weighted by molar-refractivity contribution is -0.121. The van der Waals surface area contributed by atoms with Crippen molar-refractivity contribution in [1.29, 1.82) is 0 Å². The van der Waals surface area contributed by atoms with Crippen LogP contribution in [0.4, 0.5) is 5.69 Å². The van der Waals surface area contributed by atoms with Gasteiger partial charge >= 0.3 is 0 Å². The summed E-state index contributed by atoms with van der Waals surface area (Å²) in [6.45, 7) is 7.42. The lowest BCUT2D eigenvalue weighted by Crippen LogP contribution is -2.49. The van der Waals surface area contributed by atoms with Crippen LogP contribution in [0.15, 0.2) is 24.3 Å². The quantitative estimate of drug-likeness (QED) is 0.886. The van der Waals surface area contributed by atoms with Crippen molar-refractivity contribution in [3.05, 3.63) is 29.8 Å². The molecule has 0 aromatic heterocycles. The van der Waals surface area contributed by atoms with E-state index in [1.807, 2.05) is 11.9 Å². The Morgan fingerprint density at radius 2 is 1.84 bits per heavy atom. The van der Waals surface area contributed by atoms with Gasteiger partial charge < -0.3 is 10.2 Å². The number of benzene rings is 1. The van der Waals surface area contributed by atoms with Crippen molar-refractivity contribution in [3.8, 4) is 0 Å². The van der Waals surface area contributed by atoms with Gasteiger partial charge in [0.25, 0.3) is 0 Å². The molecule has 1 aliphatic rings. The van der Waals surface area contributed by atoms with E-state index in [-0.39, 0.29) is 17.4 Å². The summed E-state index contributed by atoms with van der Waals surface area (Å²) in [6, 6.07) is 8.36. The Labute approximate surface area is 116 Å². The summed E-state index contributed by atoms with van der Waals surface area (Å²) < 4.78 is 0. The molecule has 19 heavy (non-hydrogen) atoms. The maximum absolute atomic E-state index is 12.3. The van der Waals surface area contributed by atoms with Crippen LogP contribution < -0.4 is 10.2 Å². The number of carbonyl (C=O) groups is 1.